The van der Waals surface area contributed by atoms with Gasteiger partial charge in [-0.25, -0.2) is 0 Å². The normalized spacial score (nSPS) is 13.4. The number of nitrogens with one attached hydrogen (secondary N) is 1. The van der Waals surface area contributed by atoms with E-state index in [9.17, 15) is 14.4 Å². The molecule has 2 N–H and O–H groups in total. The number of carbonyl (C=O) groups is 3. The minimum Gasteiger partial charge on any atom is -0.465 e. The van der Waals surface area contributed by atoms with Gasteiger partial charge in [0, 0.05) is 77.9 Å². The minimum atomic E-state index is -0.344. The number of amides is 1. The average molecular weight is 598 g/mol. The lowest BCUT2D eigenvalue weighted by atomic mass is 9.93. The molecule has 1 aliphatic carbocycles. The van der Waals surface area contributed by atoms with Crippen LogP contribution in [0.3, 0.4) is 0 Å². The van der Waals surface area contributed by atoms with Crippen molar-refractivity contribution in [2.24, 2.45) is 0 Å². The topological polar surface area (TPSA) is 120 Å². The van der Waals surface area contributed by atoms with Crippen molar-refractivity contribution in [1.82, 2.24) is 5.32 Å². The Morgan fingerprint density at radius 1 is 0.860 bits per heavy atom. The number of ether oxygens (including phenoxy) is 4. The van der Waals surface area contributed by atoms with Crippen LogP contribution in [0, 0.1) is 0 Å². The lowest BCUT2D eigenvalue weighted by Gasteiger charge is -2.14. The number of ketones is 1. The van der Waals surface area contributed by atoms with Crippen molar-refractivity contribution in [2.45, 2.75) is 64.2 Å². The lowest BCUT2D eigenvalue weighted by molar-refractivity contribution is -0.141. The third kappa shape index (κ3) is 11.2. The quantitative estimate of drug-likeness (QED) is 0.115. The summed E-state index contributed by atoms with van der Waals surface area (Å²) in [7, 11) is 1.66. The Bertz CT molecular complexity index is 1180. The zero-order chi connectivity index (χ0) is 30.9. The Kier molecular flexibility index (Phi) is 15.4. The number of unbranched alkanes of at least 4 members (excludes halogenated alkanes) is 1. The molecule has 43 heavy (non-hydrogen) atoms. The number of aliphatic hydroxyl groups excluding tert-OH is 1. The zero-order valence-electron chi connectivity index (χ0n) is 25.7. The average Bonchev–Trinajstić information content (AvgIpc) is 3.31. The Hall–Kier alpha value is -3.11. The van der Waals surface area contributed by atoms with E-state index < -0.39 is 0 Å². The Morgan fingerprint density at radius 2 is 1.65 bits per heavy atom. The summed E-state index contributed by atoms with van der Waals surface area (Å²) in [5.74, 6) is -0.446. The number of fused-ring (bicyclic) bond motifs is 3. The largest absolute Gasteiger partial charge is 0.465 e. The van der Waals surface area contributed by atoms with Gasteiger partial charge in [-0.05, 0) is 66.3 Å². The van der Waals surface area contributed by atoms with E-state index in [4.69, 9.17) is 24.1 Å². The van der Waals surface area contributed by atoms with Gasteiger partial charge in [-0.1, -0.05) is 36.4 Å². The van der Waals surface area contributed by atoms with Crippen LogP contribution in [0.15, 0.2) is 36.4 Å². The summed E-state index contributed by atoms with van der Waals surface area (Å²) in [4.78, 5) is 37.3. The molecule has 0 saturated heterocycles. The highest BCUT2D eigenvalue weighted by Gasteiger charge is 2.32. The monoisotopic (exact) mass is 597 g/mol. The standard InChI is InChI=1S/C34H47NO8/c1-25(37)43-24-31-27-10-6-11-29(32(38)12-7-20-41-19-4-3-17-36)34(27)28-15-14-26(23-30(28)31)9-5-13-33(39)35-16-22-42-21-8-18-40-2/h6,10-11,14-15,23,31,36H,3-5,7-9,12-13,16-22,24H2,1-2H3,(H,35,39). The van der Waals surface area contributed by atoms with Gasteiger partial charge >= 0.3 is 5.97 Å². The van der Waals surface area contributed by atoms with Gasteiger partial charge in [0.1, 0.15) is 6.61 Å². The van der Waals surface area contributed by atoms with Crippen molar-refractivity contribution in [3.63, 3.8) is 0 Å². The number of rotatable bonds is 22. The number of carbonyl (C=O) groups excluding carboxylic acids is 3. The van der Waals surface area contributed by atoms with Gasteiger partial charge in [0.05, 0.1) is 6.61 Å². The second-order valence-electron chi connectivity index (χ2n) is 10.8. The second kappa shape index (κ2) is 19.2. The highest BCUT2D eigenvalue weighted by molar-refractivity contribution is 6.04. The van der Waals surface area contributed by atoms with Crippen molar-refractivity contribution in [3.8, 4) is 11.1 Å². The molecule has 1 aliphatic rings. The molecular weight excluding hydrogens is 550 g/mol. The van der Waals surface area contributed by atoms with Gasteiger partial charge < -0.3 is 29.4 Å². The molecule has 0 saturated carbocycles. The molecule has 0 bridgehead atoms. The maximum absolute atomic E-state index is 13.3. The van der Waals surface area contributed by atoms with E-state index in [2.05, 4.69) is 23.5 Å². The fraction of sp³-hybridized carbons (Fsp3) is 0.559. The molecule has 1 amide bonds. The number of methoxy groups -OCH3 is 1. The van der Waals surface area contributed by atoms with E-state index in [1.807, 2.05) is 18.2 Å². The Balaban J connectivity index is 1.61. The van der Waals surface area contributed by atoms with Crippen molar-refractivity contribution in [1.29, 1.82) is 0 Å². The summed E-state index contributed by atoms with van der Waals surface area (Å²) in [6, 6.07) is 12.0. The first-order valence-corrected chi connectivity index (χ1v) is 15.4. The zero-order valence-corrected chi connectivity index (χ0v) is 25.7. The highest BCUT2D eigenvalue weighted by atomic mass is 16.5. The molecule has 3 rings (SSSR count). The van der Waals surface area contributed by atoms with Gasteiger partial charge in [-0.15, -0.1) is 0 Å². The second-order valence-corrected chi connectivity index (χ2v) is 10.8. The Morgan fingerprint density at radius 3 is 2.44 bits per heavy atom. The molecule has 236 valence electrons. The molecule has 0 radical (unpaired) electrons. The van der Waals surface area contributed by atoms with E-state index in [1.165, 1.54) is 6.92 Å². The van der Waals surface area contributed by atoms with Crippen LogP contribution in [-0.4, -0.2) is 82.7 Å². The smallest absolute Gasteiger partial charge is 0.302 e. The van der Waals surface area contributed by atoms with Crippen LogP contribution >= 0.6 is 0 Å². The molecule has 2 aromatic rings. The fourth-order valence-electron chi connectivity index (χ4n) is 5.32. The summed E-state index contributed by atoms with van der Waals surface area (Å²) in [6.07, 6.45) is 5.20. The van der Waals surface area contributed by atoms with Crippen molar-refractivity contribution in [2.75, 3.05) is 59.9 Å². The van der Waals surface area contributed by atoms with E-state index in [0.717, 1.165) is 47.1 Å². The maximum atomic E-state index is 13.3. The molecule has 9 heteroatoms. The van der Waals surface area contributed by atoms with Crippen LogP contribution in [0.1, 0.15) is 84.8 Å². The number of Topliss-reactive ketones (excluding diaryl/α,β-unsaturated/α-hetero) is 1. The van der Waals surface area contributed by atoms with Gasteiger partial charge in [0.2, 0.25) is 5.91 Å². The number of aryl methyl sites for hydroxylation is 1. The number of hydrogen-bond donors (Lipinski definition) is 2. The van der Waals surface area contributed by atoms with Crippen LogP contribution in [0.5, 0.6) is 0 Å². The molecule has 0 fully saturated rings. The van der Waals surface area contributed by atoms with E-state index in [0.29, 0.717) is 77.2 Å². The van der Waals surface area contributed by atoms with E-state index in [1.54, 1.807) is 7.11 Å². The van der Waals surface area contributed by atoms with Crippen LogP contribution in [0.25, 0.3) is 11.1 Å². The Labute approximate surface area is 255 Å². The summed E-state index contributed by atoms with van der Waals surface area (Å²) < 4.78 is 21.5. The first-order valence-electron chi connectivity index (χ1n) is 15.4. The fourth-order valence-corrected chi connectivity index (χ4v) is 5.32. The summed E-state index contributed by atoms with van der Waals surface area (Å²) in [6.45, 7) is 5.09. The van der Waals surface area contributed by atoms with Crippen molar-refractivity contribution >= 4 is 17.7 Å². The van der Waals surface area contributed by atoms with Crippen LogP contribution in [0.2, 0.25) is 0 Å². The van der Waals surface area contributed by atoms with E-state index in [-0.39, 0.29) is 36.8 Å². The first kappa shape index (κ1) is 34.4. The van der Waals surface area contributed by atoms with E-state index >= 15 is 0 Å². The number of aliphatic hydroxyl groups is 1. The van der Waals surface area contributed by atoms with Crippen LogP contribution in [-0.2, 0) is 35.0 Å². The number of benzene rings is 2. The van der Waals surface area contributed by atoms with Crippen molar-refractivity contribution < 1.29 is 38.4 Å². The van der Waals surface area contributed by atoms with Crippen molar-refractivity contribution in [3.05, 3.63) is 58.7 Å². The van der Waals surface area contributed by atoms with Gasteiger partial charge in [0.15, 0.2) is 5.78 Å². The maximum Gasteiger partial charge on any atom is 0.302 e. The highest BCUT2D eigenvalue weighted by Crippen LogP contribution is 2.47. The first-order chi connectivity index (χ1) is 21.0. The number of hydrogen-bond acceptors (Lipinski definition) is 8. The summed E-state index contributed by atoms with van der Waals surface area (Å²) in [5, 5.41) is 11.8. The molecule has 1 atom stereocenters. The summed E-state index contributed by atoms with van der Waals surface area (Å²) >= 11 is 0. The molecule has 2 aromatic carbocycles. The molecule has 0 aliphatic heterocycles. The molecular formula is C34H47NO8. The van der Waals surface area contributed by atoms with Crippen LogP contribution < -0.4 is 5.32 Å². The van der Waals surface area contributed by atoms with Gasteiger partial charge in [0.25, 0.3) is 0 Å². The molecule has 0 heterocycles. The lowest BCUT2D eigenvalue weighted by Crippen LogP contribution is -2.27. The van der Waals surface area contributed by atoms with Gasteiger partial charge in [-0.3, -0.25) is 14.4 Å². The van der Waals surface area contributed by atoms with Crippen LogP contribution in [0.4, 0.5) is 0 Å². The third-order valence-electron chi connectivity index (χ3n) is 7.45. The molecule has 9 nitrogen and oxygen atoms in total. The summed E-state index contributed by atoms with van der Waals surface area (Å²) in [5.41, 5.74) is 5.71. The molecule has 1 unspecified atom stereocenters. The third-order valence-corrected chi connectivity index (χ3v) is 7.45. The SMILES string of the molecule is COCCCOCCNC(=O)CCCc1ccc2c(c1)C(COC(C)=O)c1cccc(C(=O)CCCOCCCCO)c1-2. The minimum absolute atomic E-state index is 0.000468. The van der Waals surface area contributed by atoms with Gasteiger partial charge in [-0.2, -0.15) is 0 Å². The predicted molar refractivity (Wildman–Crippen MR) is 164 cm³/mol. The number of esters is 1. The predicted octanol–water partition coefficient (Wildman–Crippen LogP) is 4.61. The molecule has 0 spiro atoms. The molecule has 0 aromatic heterocycles.